The summed E-state index contributed by atoms with van der Waals surface area (Å²) < 4.78 is 0. The van der Waals surface area contributed by atoms with Crippen molar-refractivity contribution in [1.29, 1.82) is 0 Å². The highest BCUT2D eigenvalue weighted by molar-refractivity contribution is 7.09. The summed E-state index contributed by atoms with van der Waals surface area (Å²) in [6, 6.07) is -0.0469. The Labute approximate surface area is 106 Å². The molecule has 0 radical (unpaired) electrons. The molecule has 0 aromatic carbocycles. The minimum Gasteiger partial charge on any atom is -0.346 e. The van der Waals surface area contributed by atoms with E-state index < -0.39 is 0 Å². The van der Waals surface area contributed by atoms with E-state index >= 15 is 0 Å². The monoisotopic (exact) mass is 253 g/mol. The van der Waals surface area contributed by atoms with Crippen LogP contribution in [0.1, 0.15) is 37.0 Å². The summed E-state index contributed by atoms with van der Waals surface area (Å²) in [7, 11) is 0. The zero-order chi connectivity index (χ0) is 12.4. The smallest absolute Gasteiger partial charge is 0.237 e. The molecular weight excluding hydrogens is 234 g/mol. The molecule has 1 aromatic heterocycles. The third-order valence-electron chi connectivity index (χ3n) is 3.18. The molecule has 2 heterocycles. The molecular formula is C12H19N3OS. The lowest BCUT2D eigenvalue weighted by Gasteiger charge is -2.18. The van der Waals surface area contributed by atoms with Crippen LogP contribution < -0.4 is 10.6 Å². The van der Waals surface area contributed by atoms with E-state index in [1.165, 1.54) is 0 Å². The number of hydrogen-bond acceptors (Lipinski definition) is 4. The van der Waals surface area contributed by atoms with Gasteiger partial charge in [0.15, 0.2) is 0 Å². The largest absolute Gasteiger partial charge is 0.346 e. The second kappa shape index (κ2) is 5.14. The molecule has 1 aromatic rings. The lowest BCUT2D eigenvalue weighted by atomic mass is 10.0. The number of carbonyl (C=O) groups is 1. The molecule has 0 aliphatic carbocycles. The fourth-order valence-corrected chi connectivity index (χ4v) is 2.93. The lowest BCUT2D eigenvalue weighted by Crippen LogP contribution is -2.44. The second-order valence-electron chi connectivity index (χ2n) is 4.76. The van der Waals surface area contributed by atoms with Crippen molar-refractivity contribution in [3.63, 3.8) is 0 Å². The van der Waals surface area contributed by atoms with Crippen molar-refractivity contribution in [3.05, 3.63) is 16.1 Å². The Bertz CT molecular complexity index is 404. The Kier molecular flexibility index (Phi) is 3.79. The van der Waals surface area contributed by atoms with Crippen molar-refractivity contribution in [2.75, 3.05) is 6.54 Å². The molecule has 0 spiro atoms. The third-order valence-corrected chi connectivity index (χ3v) is 4.33. The van der Waals surface area contributed by atoms with Crippen LogP contribution in [0.3, 0.4) is 0 Å². The number of thiazole rings is 1. The normalized spacial score (nSPS) is 25.8. The Morgan fingerprint density at radius 2 is 2.47 bits per heavy atom. The van der Waals surface area contributed by atoms with Crippen LogP contribution in [-0.4, -0.2) is 23.5 Å². The molecule has 2 rings (SSSR count). The number of rotatable bonds is 3. The number of hydrogen-bond donors (Lipinski definition) is 2. The fraction of sp³-hybridized carbons (Fsp3) is 0.667. The number of nitrogens with one attached hydrogen (secondary N) is 2. The van der Waals surface area contributed by atoms with E-state index in [-0.39, 0.29) is 18.0 Å². The molecule has 94 valence electrons. The summed E-state index contributed by atoms with van der Waals surface area (Å²) in [5.41, 5.74) is 1.01. The van der Waals surface area contributed by atoms with Gasteiger partial charge in [0.1, 0.15) is 5.01 Å². The van der Waals surface area contributed by atoms with Crippen LogP contribution in [0, 0.1) is 12.8 Å². The van der Waals surface area contributed by atoms with Gasteiger partial charge in [0.2, 0.25) is 5.91 Å². The zero-order valence-electron chi connectivity index (χ0n) is 10.5. The van der Waals surface area contributed by atoms with Gasteiger partial charge in [0, 0.05) is 11.1 Å². The number of nitrogens with zero attached hydrogens (tertiary/aromatic N) is 1. The fourth-order valence-electron chi connectivity index (χ4n) is 2.12. The van der Waals surface area contributed by atoms with Crippen LogP contribution in [0.5, 0.6) is 0 Å². The van der Waals surface area contributed by atoms with E-state index in [2.05, 4.69) is 22.5 Å². The number of aromatic nitrogens is 1. The molecule has 1 aliphatic heterocycles. The van der Waals surface area contributed by atoms with Gasteiger partial charge in [-0.3, -0.25) is 4.79 Å². The first-order valence-electron chi connectivity index (χ1n) is 6.03. The van der Waals surface area contributed by atoms with Gasteiger partial charge >= 0.3 is 0 Å². The van der Waals surface area contributed by atoms with E-state index in [9.17, 15) is 4.79 Å². The van der Waals surface area contributed by atoms with E-state index in [1.807, 2.05) is 19.2 Å². The molecule has 4 nitrogen and oxygen atoms in total. The predicted octanol–water partition coefficient (Wildman–Crippen LogP) is 1.63. The van der Waals surface area contributed by atoms with Gasteiger partial charge in [-0.15, -0.1) is 11.3 Å². The Balaban J connectivity index is 1.94. The molecule has 0 bridgehead atoms. The highest BCUT2D eigenvalue weighted by Crippen LogP contribution is 2.19. The van der Waals surface area contributed by atoms with Gasteiger partial charge in [-0.05, 0) is 32.7 Å². The lowest BCUT2D eigenvalue weighted by molar-refractivity contribution is -0.124. The molecule has 2 N–H and O–H groups in total. The van der Waals surface area contributed by atoms with E-state index in [1.54, 1.807) is 11.3 Å². The van der Waals surface area contributed by atoms with Gasteiger partial charge in [-0.1, -0.05) is 6.92 Å². The van der Waals surface area contributed by atoms with Gasteiger partial charge in [-0.2, -0.15) is 0 Å². The van der Waals surface area contributed by atoms with Crippen LogP contribution in [0.25, 0.3) is 0 Å². The maximum absolute atomic E-state index is 12.0. The third kappa shape index (κ3) is 2.84. The Hall–Kier alpha value is -0.940. The summed E-state index contributed by atoms with van der Waals surface area (Å²) in [6.07, 6.45) is 1.07. The molecule has 1 fully saturated rings. The standard InChI is InChI=1S/C12H19N3OS/c1-7-4-5-13-10(7)11(16)15-9(3)12-14-8(2)6-17-12/h6-7,9-10,13H,4-5H2,1-3H3,(H,15,16). The quantitative estimate of drug-likeness (QED) is 0.861. The van der Waals surface area contributed by atoms with Crippen molar-refractivity contribution < 1.29 is 4.79 Å². The Morgan fingerprint density at radius 3 is 3.00 bits per heavy atom. The average molecular weight is 253 g/mol. The van der Waals surface area contributed by atoms with Crippen LogP contribution in [-0.2, 0) is 4.79 Å². The number of carbonyl (C=O) groups excluding carboxylic acids is 1. The van der Waals surface area contributed by atoms with Crippen molar-refractivity contribution >= 4 is 17.2 Å². The van der Waals surface area contributed by atoms with Crippen LogP contribution in [0.15, 0.2) is 5.38 Å². The molecule has 3 unspecified atom stereocenters. The van der Waals surface area contributed by atoms with Gasteiger partial charge in [0.05, 0.1) is 12.1 Å². The zero-order valence-corrected chi connectivity index (χ0v) is 11.3. The van der Waals surface area contributed by atoms with Crippen molar-refractivity contribution in [1.82, 2.24) is 15.6 Å². The first-order valence-corrected chi connectivity index (χ1v) is 6.91. The molecule has 1 saturated heterocycles. The molecule has 1 aliphatic rings. The summed E-state index contributed by atoms with van der Waals surface area (Å²) in [6.45, 7) is 7.00. The van der Waals surface area contributed by atoms with Gasteiger partial charge < -0.3 is 10.6 Å². The summed E-state index contributed by atoms with van der Waals surface area (Å²) in [5.74, 6) is 0.510. The number of aryl methyl sites for hydroxylation is 1. The van der Waals surface area contributed by atoms with E-state index in [0.717, 1.165) is 23.7 Å². The highest BCUT2D eigenvalue weighted by atomic mass is 32.1. The molecule has 3 atom stereocenters. The van der Waals surface area contributed by atoms with Crippen LogP contribution >= 0.6 is 11.3 Å². The van der Waals surface area contributed by atoms with E-state index in [4.69, 9.17) is 0 Å². The SMILES string of the molecule is Cc1csc(C(C)NC(=O)C2NCCC2C)n1. The summed E-state index contributed by atoms with van der Waals surface area (Å²) in [4.78, 5) is 16.4. The summed E-state index contributed by atoms with van der Waals surface area (Å²) >= 11 is 1.60. The van der Waals surface area contributed by atoms with E-state index in [0.29, 0.717) is 5.92 Å². The average Bonchev–Trinajstić information content (AvgIpc) is 2.86. The topological polar surface area (TPSA) is 54.0 Å². The van der Waals surface area contributed by atoms with Crippen LogP contribution in [0.4, 0.5) is 0 Å². The minimum atomic E-state index is -0.0430. The minimum absolute atomic E-state index is 0.00389. The van der Waals surface area contributed by atoms with Gasteiger partial charge in [-0.25, -0.2) is 4.98 Å². The Morgan fingerprint density at radius 1 is 1.71 bits per heavy atom. The molecule has 1 amide bonds. The summed E-state index contributed by atoms with van der Waals surface area (Å²) in [5, 5.41) is 9.25. The molecule has 17 heavy (non-hydrogen) atoms. The number of amides is 1. The highest BCUT2D eigenvalue weighted by Gasteiger charge is 2.30. The van der Waals surface area contributed by atoms with Crippen molar-refractivity contribution in [3.8, 4) is 0 Å². The molecule has 5 heteroatoms. The first kappa shape index (κ1) is 12.5. The second-order valence-corrected chi connectivity index (χ2v) is 5.64. The van der Waals surface area contributed by atoms with Crippen molar-refractivity contribution in [2.24, 2.45) is 5.92 Å². The maximum Gasteiger partial charge on any atom is 0.237 e. The van der Waals surface area contributed by atoms with Crippen molar-refractivity contribution in [2.45, 2.75) is 39.3 Å². The first-order chi connectivity index (χ1) is 8.08. The van der Waals surface area contributed by atoms with Crippen LogP contribution in [0.2, 0.25) is 0 Å². The molecule has 0 saturated carbocycles. The van der Waals surface area contributed by atoms with Gasteiger partial charge in [0.25, 0.3) is 0 Å². The maximum atomic E-state index is 12.0. The predicted molar refractivity (Wildman–Crippen MR) is 69.0 cm³/mol.